The quantitative estimate of drug-likeness (QED) is 0.654. The number of Topliss-reactive ketones (excluding diaryl/α,β-unsaturated/α-hetero) is 1. The average Bonchev–Trinajstić information content (AvgIpc) is 2.85. The van der Waals surface area contributed by atoms with Gasteiger partial charge >= 0.3 is 7.12 Å². The zero-order valence-corrected chi connectivity index (χ0v) is 18.3. The maximum absolute atomic E-state index is 12.2. The van der Waals surface area contributed by atoms with E-state index in [1.54, 1.807) is 0 Å². The topological polar surface area (TPSA) is 35.5 Å². The maximum atomic E-state index is 12.2. The van der Waals surface area contributed by atoms with Gasteiger partial charge in [-0.25, -0.2) is 0 Å². The first-order valence-electron chi connectivity index (χ1n) is 9.81. The summed E-state index contributed by atoms with van der Waals surface area (Å²) in [6.45, 7) is 12.1. The lowest BCUT2D eigenvalue weighted by Gasteiger charge is -2.32. The van der Waals surface area contributed by atoms with E-state index in [1.165, 1.54) is 0 Å². The zero-order chi connectivity index (χ0) is 20.7. The van der Waals surface area contributed by atoms with Gasteiger partial charge in [-0.15, -0.1) is 0 Å². The van der Waals surface area contributed by atoms with Crippen LogP contribution in [0.3, 0.4) is 0 Å². The number of rotatable bonds is 5. The normalized spacial score (nSPS) is 17.8. The molecule has 3 rings (SSSR count). The Bertz CT molecular complexity index is 871. The Hall–Kier alpha value is -1.62. The van der Waals surface area contributed by atoms with Crippen molar-refractivity contribution in [2.75, 3.05) is 0 Å². The number of hydrogen-bond donors (Lipinski definition) is 0. The molecule has 1 aliphatic heterocycles. The molecule has 0 radical (unpaired) electrons. The fourth-order valence-corrected chi connectivity index (χ4v) is 3.49. The molecule has 1 saturated heterocycles. The number of hydrogen-bond acceptors (Lipinski definition) is 3. The van der Waals surface area contributed by atoms with Crippen molar-refractivity contribution in [1.29, 1.82) is 0 Å². The Morgan fingerprint density at radius 2 is 1.61 bits per heavy atom. The van der Waals surface area contributed by atoms with Crippen LogP contribution < -0.4 is 5.46 Å². The van der Waals surface area contributed by atoms with Crippen LogP contribution in [0.2, 0.25) is 5.02 Å². The number of ketones is 1. The summed E-state index contributed by atoms with van der Waals surface area (Å²) in [5.41, 5.74) is 4.36. The summed E-state index contributed by atoms with van der Waals surface area (Å²) >= 11 is 6.07. The van der Waals surface area contributed by atoms with Gasteiger partial charge in [0.25, 0.3) is 0 Å². The number of carbonyl (C=O) groups is 1. The van der Waals surface area contributed by atoms with Crippen molar-refractivity contribution >= 4 is 30.0 Å². The second kappa shape index (κ2) is 7.66. The van der Waals surface area contributed by atoms with Crippen LogP contribution in [0.15, 0.2) is 36.4 Å². The maximum Gasteiger partial charge on any atom is 0.494 e. The Labute approximate surface area is 173 Å². The Morgan fingerprint density at radius 3 is 2.14 bits per heavy atom. The van der Waals surface area contributed by atoms with Crippen molar-refractivity contribution < 1.29 is 14.1 Å². The summed E-state index contributed by atoms with van der Waals surface area (Å²) in [4.78, 5) is 12.2. The van der Waals surface area contributed by atoms with E-state index in [1.807, 2.05) is 58.9 Å². The highest BCUT2D eigenvalue weighted by molar-refractivity contribution is 6.62. The summed E-state index contributed by atoms with van der Waals surface area (Å²) in [6.07, 6.45) is 0.937. The lowest BCUT2D eigenvalue weighted by Crippen LogP contribution is -2.41. The molecular weight excluding hydrogens is 371 g/mol. The van der Waals surface area contributed by atoms with E-state index in [-0.39, 0.29) is 5.78 Å². The van der Waals surface area contributed by atoms with Crippen LogP contribution in [-0.4, -0.2) is 24.1 Å². The van der Waals surface area contributed by atoms with Crippen LogP contribution in [0.1, 0.15) is 52.2 Å². The zero-order valence-electron chi connectivity index (χ0n) is 17.6. The molecule has 0 atom stereocenters. The second-order valence-electron chi connectivity index (χ2n) is 8.52. The Balaban J connectivity index is 2.10. The van der Waals surface area contributed by atoms with E-state index in [4.69, 9.17) is 20.9 Å². The van der Waals surface area contributed by atoms with Crippen molar-refractivity contribution in [3.05, 3.63) is 52.5 Å². The number of halogens is 1. The van der Waals surface area contributed by atoms with Crippen molar-refractivity contribution in [3.63, 3.8) is 0 Å². The molecule has 3 nitrogen and oxygen atoms in total. The number of benzene rings is 2. The van der Waals surface area contributed by atoms with E-state index >= 15 is 0 Å². The van der Waals surface area contributed by atoms with Gasteiger partial charge in [0.05, 0.1) is 11.2 Å². The van der Waals surface area contributed by atoms with Crippen LogP contribution in [0, 0.1) is 6.92 Å². The first-order valence-corrected chi connectivity index (χ1v) is 10.2. The summed E-state index contributed by atoms with van der Waals surface area (Å²) in [6, 6.07) is 11.9. The van der Waals surface area contributed by atoms with E-state index in [0.717, 1.165) is 27.7 Å². The first-order chi connectivity index (χ1) is 13.0. The minimum Gasteiger partial charge on any atom is -0.399 e. The summed E-state index contributed by atoms with van der Waals surface area (Å²) in [5, 5.41) is 0.699. The van der Waals surface area contributed by atoms with Crippen LogP contribution >= 0.6 is 11.6 Å². The minimum absolute atomic E-state index is 0.219. The van der Waals surface area contributed by atoms with Crippen molar-refractivity contribution in [2.24, 2.45) is 0 Å². The van der Waals surface area contributed by atoms with Gasteiger partial charge in [-0.3, -0.25) is 4.79 Å². The molecule has 0 aliphatic carbocycles. The molecular formula is C23H28BClO3. The van der Waals surface area contributed by atoms with Crippen molar-refractivity contribution in [3.8, 4) is 11.1 Å². The van der Waals surface area contributed by atoms with E-state index < -0.39 is 18.3 Å². The van der Waals surface area contributed by atoms with Gasteiger partial charge in [0, 0.05) is 17.9 Å². The highest BCUT2D eigenvalue weighted by Crippen LogP contribution is 2.37. The molecule has 0 spiro atoms. The molecule has 1 aliphatic rings. The largest absolute Gasteiger partial charge is 0.494 e. The van der Waals surface area contributed by atoms with Crippen molar-refractivity contribution in [2.45, 2.75) is 65.6 Å². The lowest BCUT2D eigenvalue weighted by molar-refractivity contribution is -0.118. The van der Waals surface area contributed by atoms with Crippen LogP contribution in [0.4, 0.5) is 0 Å². The van der Waals surface area contributed by atoms with Gasteiger partial charge < -0.3 is 9.31 Å². The molecule has 0 aromatic heterocycles. The predicted molar refractivity (Wildman–Crippen MR) is 116 cm³/mol. The first kappa shape index (κ1) is 21.1. The lowest BCUT2D eigenvalue weighted by atomic mass is 9.75. The van der Waals surface area contributed by atoms with Crippen LogP contribution in [0.25, 0.3) is 11.1 Å². The summed E-state index contributed by atoms with van der Waals surface area (Å²) in [5.74, 6) is 0.219. The monoisotopic (exact) mass is 398 g/mol. The van der Waals surface area contributed by atoms with E-state index in [9.17, 15) is 4.79 Å². The molecule has 148 valence electrons. The molecule has 28 heavy (non-hydrogen) atoms. The SMILES string of the molecule is CCC(=O)Cc1cc(B2OC(C)(C)C(C)(C)O2)cc(-c2ccc(Cl)cc2)c1C. The summed E-state index contributed by atoms with van der Waals surface area (Å²) in [7, 11) is -0.466. The van der Waals surface area contributed by atoms with Gasteiger partial charge in [-0.05, 0) is 74.5 Å². The molecule has 1 fully saturated rings. The minimum atomic E-state index is -0.466. The second-order valence-corrected chi connectivity index (χ2v) is 8.95. The van der Waals surface area contributed by atoms with Gasteiger partial charge in [0.1, 0.15) is 5.78 Å². The van der Waals surface area contributed by atoms with Crippen LogP contribution in [0.5, 0.6) is 0 Å². The standard InChI is InChI=1S/C23H28BClO3/c1-7-20(26)13-17-12-18(24-27-22(3,4)23(5,6)28-24)14-21(15(17)2)16-8-10-19(25)11-9-16/h8-12,14H,7,13H2,1-6H3. The fourth-order valence-electron chi connectivity index (χ4n) is 3.36. The fraction of sp³-hybridized carbons (Fsp3) is 0.435. The van der Waals surface area contributed by atoms with E-state index in [2.05, 4.69) is 19.1 Å². The molecule has 1 heterocycles. The number of carbonyl (C=O) groups excluding carboxylic acids is 1. The van der Waals surface area contributed by atoms with Crippen molar-refractivity contribution in [1.82, 2.24) is 0 Å². The van der Waals surface area contributed by atoms with Gasteiger partial charge in [-0.1, -0.05) is 42.8 Å². The highest BCUT2D eigenvalue weighted by Gasteiger charge is 2.51. The third-order valence-electron chi connectivity index (χ3n) is 6.00. The molecule has 0 amide bonds. The Kier molecular flexibility index (Phi) is 5.77. The predicted octanol–water partition coefficient (Wildman–Crippen LogP) is 5.14. The average molecular weight is 399 g/mol. The van der Waals surface area contributed by atoms with Crippen LogP contribution in [-0.2, 0) is 20.5 Å². The molecule has 0 N–H and O–H groups in total. The third-order valence-corrected chi connectivity index (χ3v) is 6.25. The third kappa shape index (κ3) is 4.05. The van der Waals surface area contributed by atoms with Gasteiger partial charge in [-0.2, -0.15) is 0 Å². The molecule has 0 bridgehead atoms. The smallest absolute Gasteiger partial charge is 0.399 e. The van der Waals surface area contributed by atoms with E-state index in [0.29, 0.717) is 17.9 Å². The highest BCUT2D eigenvalue weighted by atomic mass is 35.5. The molecule has 0 unspecified atom stereocenters. The molecule has 0 saturated carbocycles. The van der Waals surface area contributed by atoms with Gasteiger partial charge in [0.15, 0.2) is 0 Å². The molecule has 2 aromatic carbocycles. The summed E-state index contributed by atoms with van der Waals surface area (Å²) < 4.78 is 12.5. The Morgan fingerprint density at radius 1 is 1.04 bits per heavy atom. The molecule has 2 aromatic rings. The van der Waals surface area contributed by atoms with Gasteiger partial charge in [0.2, 0.25) is 0 Å². The molecule has 5 heteroatoms.